The fourth-order valence-electron chi connectivity index (χ4n) is 4.81. The number of ether oxygens (including phenoxy) is 1. The lowest BCUT2D eigenvalue weighted by molar-refractivity contribution is -0.142. The van der Waals surface area contributed by atoms with Gasteiger partial charge in [0, 0.05) is 39.3 Å². The van der Waals surface area contributed by atoms with Gasteiger partial charge in [0.05, 0.1) is 18.8 Å². The number of rotatable bonds is 6. The van der Waals surface area contributed by atoms with Gasteiger partial charge in [0.15, 0.2) is 5.96 Å². The van der Waals surface area contributed by atoms with Crippen LogP contribution in [0.2, 0.25) is 0 Å². The summed E-state index contributed by atoms with van der Waals surface area (Å²) in [4.78, 5) is 24.4. The summed E-state index contributed by atoms with van der Waals surface area (Å²) in [6.45, 7) is 9.52. The molecule has 3 aliphatic rings. The van der Waals surface area contributed by atoms with E-state index in [2.05, 4.69) is 28.1 Å². The molecule has 0 saturated carbocycles. The Kier molecular flexibility index (Phi) is 7.86. The summed E-state index contributed by atoms with van der Waals surface area (Å²) in [5, 5.41) is 3.45. The van der Waals surface area contributed by atoms with Crippen LogP contribution in [0, 0.1) is 0 Å². The van der Waals surface area contributed by atoms with Gasteiger partial charge in [0.1, 0.15) is 11.9 Å². The molecule has 0 aromatic carbocycles. The first-order chi connectivity index (χ1) is 15.3. The molecule has 8 nitrogen and oxygen atoms in total. The molecule has 0 spiro atoms. The van der Waals surface area contributed by atoms with Gasteiger partial charge in [-0.25, -0.2) is 0 Å². The topological polar surface area (TPSA) is 73.6 Å². The molecule has 0 radical (unpaired) electrons. The molecule has 2 unspecified atom stereocenters. The number of aliphatic imine (C=N–C) groups is 1. The summed E-state index contributed by atoms with van der Waals surface area (Å²) >= 11 is 0. The van der Waals surface area contributed by atoms with Gasteiger partial charge in [-0.15, -0.1) is 0 Å². The first kappa shape index (κ1) is 22.1. The van der Waals surface area contributed by atoms with Crippen LogP contribution in [0.15, 0.2) is 27.8 Å². The molecule has 3 saturated heterocycles. The van der Waals surface area contributed by atoms with E-state index in [1.807, 2.05) is 11.0 Å². The number of piperidine rings is 1. The number of piperazine rings is 1. The van der Waals surface area contributed by atoms with Crippen molar-refractivity contribution in [3.63, 3.8) is 0 Å². The largest absolute Gasteiger partial charge is 0.468 e. The van der Waals surface area contributed by atoms with Crippen LogP contribution in [0.4, 0.5) is 0 Å². The minimum Gasteiger partial charge on any atom is -0.468 e. The van der Waals surface area contributed by atoms with Gasteiger partial charge >= 0.3 is 0 Å². The molecule has 4 heterocycles. The normalized spacial score (nSPS) is 24.4. The van der Waals surface area contributed by atoms with Crippen molar-refractivity contribution in [2.75, 3.05) is 59.0 Å². The van der Waals surface area contributed by atoms with Crippen LogP contribution >= 0.6 is 0 Å². The standard InChI is InChI=1S/C23H37N5O3/c1-2-24-23(28-14-12-27(13-15-28)22(29)21-9-7-17-31-21)25-18-19(20-8-6-16-30-20)26-10-4-3-5-11-26/h6,8,16,19,21H,2-5,7,9-15,17-18H2,1H3,(H,24,25). The van der Waals surface area contributed by atoms with Crippen molar-refractivity contribution in [3.8, 4) is 0 Å². The third-order valence-corrected chi connectivity index (χ3v) is 6.55. The van der Waals surface area contributed by atoms with Crippen molar-refractivity contribution in [3.05, 3.63) is 24.2 Å². The number of hydrogen-bond donors (Lipinski definition) is 1. The molecule has 0 aliphatic carbocycles. The Bertz CT molecular complexity index is 703. The number of carbonyl (C=O) groups is 1. The lowest BCUT2D eigenvalue weighted by Crippen LogP contribution is -2.55. The molecule has 1 aromatic heterocycles. The fraction of sp³-hybridized carbons (Fsp3) is 0.739. The highest BCUT2D eigenvalue weighted by Crippen LogP contribution is 2.25. The second-order valence-electron chi connectivity index (χ2n) is 8.64. The highest BCUT2D eigenvalue weighted by atomic mass is 16.5. The number of hydrogen-bond acceptors (Lipinski definition) is 5. The minimum atomic E-state index is -0.230. The van der Waals surface area contributed by atoms with Crippen molar-refractivity contribution in [1.82, 2.24) is 20.0 Å². The third-order valence-electron chi connectivity index (χ3n) is 6.55. The Balaban J connectivity index is 1.38. The van der Waals surface area contributed by atoms with E-state index in [1.165, 1.54) is 19.3 Å². The number of furan rings is 1. The number of nitrogens with zero attached hydrogens (tertiary/aromatic N) is 4. The SMILES string of the molecule is CCNC(=NCC(c1ccco1)N1CCCCC1)N1CCN(C(=O)C2CCCO2)CC1. The van der Waals surface area contributed by atoms with E-state index in [1.54, 1.807) is 6.26 Å². The van der Waals surface area contributed by atoms with Crippen molar-refractivity contribution in [2.24, 2.45) is 4.99 Å². The van der Waals surface area contributed by atoms with E-state index in [4.69, 9.17) is 14.1 Å². The van der Waals surface area contributed by atoms with Crippen molar-refractivity contribution in [1.29, 1.82) is 0 Å². The molecular formula is C23H37N5O3. The first-order valence-corrected chi connectivity index (χ1v) is 12.0. The number of carbonyl (C=O) groups excluding carboxylic acids is 1. The summed E-state index contributed by atoms with van der Waals surface area (Å²) in [6, 6.07) is 4.20. The van der Waals surface area contributed by atoms with Crippen LogP contribution in [0.1, 0.15) is 50.8 Å². The van der Waals surface area contributed by atoms with Crippen LogP contribution in [-0.4, -0.2) is 91.6 Å². The molecule has 4 rings (SSSR count). The fourth-order valence-corrected chi connectivity index (χ4v) is 4.81. The number of likely N-dealkylation sites (tertiary alicyclic amines) is 1. The maximum absolute atomic E-state index is 12.6. The van der Waals surface area contributed by atoms with Gasteiger partial charge in [0.2, 0.25) is 0 Å². The first-order valence-electron chi connectivity index (χ1n) is 12.0. The zero-order valence-electron chi connectivity index (χ0n) is 18.8. The Morgan fingerprint density at radius 1 is 1.13 bits per heavy atom. The third kappa shape index (κ3) is 5.60. The van der Waals surface area contributed by atoms with Gasteiger partial charge in [-0.05, 0) is 57.8 Å². The van der Waals surface area contributed by atoms with Crippen molar-refractivity contribution in [2.45, 2.75) is 51.2 Å². The highest BCUT2D eigenvalue weighted by molar-refractivity contribution is 5.82. The highest BCUT2D eigenvalue weighted by Gasteiger charge is 2.31. The van der Waals surface area contributed by atoms with Gasteiger partial charge < -0.3 is 24.3 Å². The van der Waals surface area contributed by atoms with E-state index >= 15 is 0 Å². The molecule has 172 valence electrons. The van der Waals surface area contributed by atoms with E-state index in [9.17, 15) is 4.79 Å². The number of nitrogens with one attached hydrogen (secondary N) is 1. The molecule has 3 aliphatic heterocycles. The summed E-state index contributed by atoms with van der Waals surface area (Å²) < 4.78 is 11.4. The second kappa shape index (κ2) is 11.0. The van der Waals surface area contributed by atoms with Gasteiger partial charge in [-0.2, -0.15) is 0 Å². The molecule has 2 atom stereocenters. The van der Waals surface area contributed by atoms with Crippen LogP contribution in [0.3, 0.4) is 0 Å². The molecule has 1 aromatic rings. The van der Waals surface area contributed by atoms with Crippen LogP contribution in [-0.2, 0) is 9.53 Å². The molecule has 3 fully saturated rings. The molecular weight excluding hydrogens is 394 g/mol. The Labute approximate surface area is 185 Å². The average Bonchev–Trinajstić information content (AvgIpc) is 3.54. The summed E-state index contributed by atoms with van der Waals surface area (Å²) in [6.07, 6.45) is 7.15. The van der Waals surface area contributed by atoms with E-state index in [0.29, 0.717) is 13.2 Å². The summed E-state index contributed by atoms with van der Waals surface area (Å²) in [5.41, 5.74) is 0. The molecule has 1 N–H and O–H groups in total. The predicted octanol–water partition coefficient (Wildman–Crippen LogP) is 2.10. The van der Waals surface area contributed by atoms with Crippen LogP contribution in [0.5, 0.6) is 0 Å². The molecule has 8 heteroatoms. The second-order valence-corrected chi connectivity index (χ2v) is 8.64. The number of amides is 1. The summed E-state index contributed by atoms with van der Waals surface area (Å²) in [5.74, 6) is 2.08. The van der Waals surface area contributed by atoms with Gasteiger partial charge in [0.25, 0.3) is 5.91 Å². The van der Waals surface area contributed by atoms with E-state index < -0.39 is 0 Å². The van der Waals surface area contributed by atoms with Crippen LogP contribution in [0.25, 0.3) is 0 Å². The van der Waals surface area contributed by atoms with Gasteiger partial charge in [-0.1, -0.05) is 6.42 Å². The Hall–Kier alpha value is -2.06. The molecule has 0 bridgehead atoms. The van der Waals surface area contributed by atoms with Gasteiger partial charge in [-0.3, -0.25) is 14.7 Å². The van der Waals surface area contributed by atoms with Crippen molar-refractivity contribution < 1.29 is 13.9 Å². The number of guanidine groups is 1. The average molecular weight is 432 g/mol. The van der Waals surface area contributed by atoms with E-state index in [0.717, 1.165) is 70.4 Å². The predicted molar refractivity (Wildman–Crippen MR) is 120 cm³/mol. The smallest absolute Gasteiger partial charge is 0.251 e. The zero-order chi connectivity index (χ0) is 21.5. The van der Waals surface area contributed by atoms with Crippen molar-refractivity contribution >= 4 is 11.9 Å². The maximum Gasteiger partial charge on any atom is 0.251 e. The summed E-state index contributed by atoms with van der Waals surface area (Å²) in [7, 11) is 0. The lowest BCUT2D eigenvalue weighted by Gasteiger charge is -2.38. The van der Waals surface area contributed by atoms with E-state index in [-0.39, 0.29) is 18.1 Å². The zero-order valence-corrected chi connectivity index (χ0v) is 18.8. The minimum absolute atomic E-state index is 0.155. The maximum atomic E-state index is 12.6. The molecule has 1 amide bonds. The van der Waals surface area contributed by atoms with Crippen LogP contribution < -0.4 is 5.32 Å². The monoisotopic (exact) mass is 431 g/mol. The Morgan fingerprint density at radius 3 is 2.55 bits per heavy atom. The Morgan fingerprint density at radius 2 is 1.90 bits per heavy atom. The lowest BCUT2D eigenvalue weighted by atomic mass is 10.1. The molecule has 31 heavy (non-hydrogen) atoms. The quantitative estimate of drug-likeness (QED) is 0.549.